The first-order valence-electron chi connectivity index (χ1n) is 14.1. The van der Waals surface area contributed by atoms with E-state index in [1.165, 1.54) is 0 Å². The Hall–Kier alpha value is -5.58. The molecule has 0 saturated heterocycles. The van der Waals surface area contributed by atoms with Crippen LogP contribution < -0.4 is 16.2 Å². The van der Waals surface area contributed by atoms with E-state index in [2.05, 4.69) is 26.3 Å². The van der Waals surface area contributed by atoms with Crippen molar-refractivity contribution in [3.05, 3.63) is 90.4 Å². The van der Waals surface area contributed by atoms with Gasteiger partial charge in [-0.25, -0.2) is 15.2 Å². The van der Waals surface area contributed by atoms with Crippen molar-refractivity contribution in [2.24, 2.45) is 0 Å². The predicted molar refractivity (Wildman–Crippen MR) is 167 cm³/mol. The number of fused-ring (bicyclic) bond motifs is 1. The van der Waals surface area contributed by atoms with Gasteiger partial charge in [0.2, 0.25) is 6.41 Å². The fraction of sp³-hybridized carbons (Fsp3) is 0.212. The number of benzene rings is 2. The molecule has 0 radical (unpaired) electrons. The third-order valence-electron chi connectivity index (χ3n) is 6.15. The Balaban J connectivity index is 0.00000216. The lowest BCUT2D eigenvalue weighted by Gasteiger charge is -2.19. The molecule has 0 atom stereocenters. The van der Waals surface area contributed by atoms with E-state index in [1.807, 2.05) is 62.4 Å². The zero-order valence-electron chi connectivity index (χ0n) is 25.2. The van der Waals surface area contributed by atoms with Crippen LogP contribution in [0.2, 0.25) is 0 Å². The molecule has 2 aromatic carbocycles. The van der Waals surface area contributed by atoms with E-state index in [0.29, 0.717) is 40.0 Å². The highest BCUT2D eigenvalue weighted by molar-refractivity contribution is 6.07. The standard InChI is InChI=1S/C31H28N6O5.C2H6/c1-31(2,3)41-30(40)36-35-29(39)24-15-27(34-26-12-13-32-17-25(24)26)21-8-4-19(5-9-21)20-6-10-22(11-7-20)28-14-23(42-37-28)16-33-18-38;1-2/h4-15,17-18H,16H2,1-3H3,(H,33,38)(H,35,39)(H,36,40);1-2H3. The summed E-state index contributed by atoms with van der Waals surface area (Å²) in [6.45, 7) is 9.47. The summed E-state index contributed by atoms with van der Waals surface area (Å²) < 4.78 is 10.4. The van der Waals surface area contributed by atoms with Gasteiger partial charge < -0.3 is 14.6 Å². The number of carbonyl (C=O) groups is 3. The number of hydrogen-bond acceptors (Lipinski definition) is 8. The molecule has 0 aliphatic heterocycles. The Morgan fingerprint density at radius 1 is 0.864 bits per heavy atom. The van der Waals surface area contributed by atoms with Gasteiger partial charge in [0, 0.05) is 35.0 Å². The molecule has 5 aromatic rings. The summed E-state index contributed by atoms with van der Waals surface area (Å²) in [5.74, 6) is 0.0359. The molecule has 0 aliphatic carbocycles. The molecule has 11 nitrogen and oxygen atoms in total. The lowest BCUT2D eigenvalue weighted by Crippen LogP contribution is -2.44. The zero-order valence-corrected chi connectivity index (χ0v) is 25.2. The first kappa shape index (κ1) is 31.4. The molecule has 11 heteroatoms. The van der Waals surface area contributed by atoms with Crippen LogP contribution in [0.15, 0.2) is 83.6 Å². The number of aromatic nitrogens is 3. The fourth-order valence-electron chi connectivity index (χ4n) is 4.22. The molecule has 3 amide bonds. The van der Waals surface area contributed by atoms with Crippen molar-refractivity contribution in [1.29, 1.82) is 0 Å². The van der Waals surface area contributed by atoms with Crippen molar-refractivity contribution in [2.45, 2.75) is 46.8 Å². The van der Waals surface area contributed by atoms with Crippen molar-refractivity contribution < 1.29 is 23.6 Å². The second-order valence-corrected chi connectivity index (χ2v) is 10.4. The molecular formula is C33H34N6O5. The van der Waals surface area contributed by atoms with Gasteiger partial charge in [0.05, 0.1) is 23.3 Å². The summed E-state index contributed by atoms with van der Waals surface area (Å²) in [5, 5.41) is 7.16. The molecule has 3 aromatic heterocycles. The Morgan fingerprint density at radius 2 is 1.48 bits per heavy atom. The van der Waals surface area contributed by atoms with Gasteiger partial charge in [-0.3, -0.25) is 20.0 Å². The van der Waals surface area contributed by atoms with Gasteiger partial charge in [-0.1, -0.05) is 67.5 Å². The van der Waals surface area contributed by atoms with E-state index < -0.39 is 17.6 Å². The Labute approximate surface area is 255 Å². The lowest BCUT2D eigenvalue weighted by atomic mass is 9.99. The van der Waals surface area contributed by atoms with Crippen LogP contribution >= 0.6 is 0 Å². The SMILES string of the molecule is CC.CC(C)(C)OC(=O)NNC(=O)c1cc(-c2ccc(-c3ccc(-c4cc(CNC=O)on4)cc3)cc2)nc2ccncc12. The molecule has 0 spiro atoms. The normalized spacial score (nSPS) is 10.8. The molecule has 226 valence electrons. The first-order valence-corrected chi connectivity index (χ1v) is 14.1. The van der Waals surface area contributed by atoms with E-state index >= 15 is 0 Å². The largest absolute Gasteiger partial charge is 0.443 e. The van der Waals surface area contributed by atoms with Crippen LogP contribution in [0.5, 0.6) is 0 Å². The maximum absolute atomic E-state index is 13.1. The molecule has 5 rings (SSSR count). The number of hydrogen-bond donors (Lipinski definition) is 3. The molecule has 0 unspecified atom stereocenters. The van der Waals surface area contributed by atoms with Crippen LogP contribution in [-0.4, -0.2) is 39.1 Å². The van der Waals surface area contributed by atoms with Crippen LogP contribution in [0.3, 0.4) is 0 Å². The smallest absolute Gasteiger partial charge is 0.426 e. The van der Waals surface area contributed by atoms with Crippen molar-refractivity contribution in [3.8, 4) is 33.6 Å². The summed E-state index contributed by atoms with van der Waals surface area (Å²) in [6, 6.07) is 20.9. The van der Waals surface area contributed by atoms with Crippen molar-refractivity contribution in [1.82, 2.24) is 31.3 Å². The minimum atomic E-state index is -0.770. The van der Waals surface area contributed by atoms with E-state index in [-0.39, 0.29) is 6.54 Å². The predicted octanol–water partition coefficient (Wildman–Crippen LogP) is 6.06. The number of ether oxygens (including phenoxy) is 1. The molecule has 44 heavy (non-hydrogen) atoms. The molecule has 0 aliphatic rings. The Bertz CT molecular complexity index is 1740. The molecule has 0 saturated carbocycles. The number of nitrogens with zero attached hydrogens (tertiary/aromatic N) is 3. The average Bonchev–Trinajstić information content (AvgIpc) is 3.51. The minimum absolute atomic E-state index is 0.277. The molecule has 3 N–H and O–H groups in total. The third-order valence-corrected chi connectivity index (χ3v) is 6.15. The fourth-order valence-corrected chi connectivity index (χ4v) is 4.22. The highest BCUT2D eigenvalue weighted by Gasteiger charge is 2.19. The second-order valence-electron chi connectivity index (χ2n) is 10.4. The number of hydrazine groups is 1. The number of pyridine rings is 2. The van der Waals surface area contributed by atoms with E-state index in [9.17, 15) is 14.4 Å². The van der Waals surface area contributed by atoms with Gasteiger partial charge in [0.25, 0.3) is 5.91 Å². The average molecular weight is 595 g/mol. The van der Waals surface area contributed by atoms with E-state index in [4.69, 9.17) is 14.2 Å². The van der Waals surface area contributed by atoms with Gasteiger partial charge in [0.15, 0.2) is 5.76 Å². The quantitative estimate of drug-likeness (QED) is 0.152. The maximum Gasteiger partial charge on any atom is 0.426 e. The summed E-state index contributed by atoms with van der Waals surface area (Å²) in [4.78, 5) is 44.4. The number of nitrogens with one attached hydrogen (secondary N) is 3. The van der Waals surface area contributed by atoms with Crippen LogP contribution in [-0.2, 0) is 16.1 Å². The van der Waals surface area contributed by atoms with Gasteiger partial charge in [-0.15, -0.1) is 0 Å². The van der Waals surface area contributed by atoms with Crippen molar-refractivity contribution in [3.63, 3.8) is 0 Å². The van der Waals surface area contributed by atoms with E-state index in [1.54, 1.807) is 51.4 Å². The highest BCUT2D eigenvalue weighted by atomic mass is 16.6. The highest BCUT2D eigenvalue weighted by Crippen LogP contribution is 2.29. The Morgan fingerprint density at radius 3 is 2.09 bits per heavy atom. The number of rotatable bonds is 7. The zero-order chi connectivity index (χ0) is 31.7. The monoisotopic (exact) mass is 594 g/mol. The Kier molecular flexibility index (Phi) is 10.0. The van der Waals surface area contributed by atoms with Crippen molar-refractivity contribution >= 4 is 29.3 Å². The molecule has 3 heterocycles. The maximum atomic E-state index is 13.1. The summed E-state index contributed by atoms with van der Waals surface area (Å²) >= 11 is 0. The van der Waals surface area contributed by atoms with Crippen LogP contribution in [0, 0.1) is 0 Å². The van der Waals surface area contributed by atoms with Gasteiger partial charge in [0.1, 0.15) is 11.3 Å². The second kappa shape index (κ2) is 14.1. The van der Waals surface area contributed by atoms with Gasteiger partial charge in [-0.2, -0.15) is 0 Å². The third kappa shape index (κ3) is 7.82. The van der Waals surface area contributed by atoms with Gasteiger partial charge in [-0.05, 0) is 44.0 Å². The summed E-state index contributed by atoms with van der Waals surface area (Å²) in [6.07, 6.45) is 3.00. The molecule has 0 fully saturated rings. The number of carbonyl (C=O) groups excluding carboxylic acids is 3. The van der Waals surface area contributed by atoms with Crippen LogP contribution in [0.1, 0.15) is 50.7 Å². The van der Waals surface area contributed by atoms with Crippen LogP contribution in [0.25, 0.3) is 44.5 Å². The molecular weight excluding hydrogens is 560 g/mol. The van der Waals surface area contributed by atoms with E-state index in [0.717, 1.165) is 22.3 Å². The summed E-state index contributed by atoms with van der Waals surface area (Å²) in [7, 11) is 0. The topological polar surface area (TPSA) is 148 Å². The number of amides is 3. The summed E-state index contributed by atoms with van der Waals surface area (Å²) in [5.41, 5.74) is 9.82. The van der Waals surface area contributed by atoms with Crippen LogP contribution in [0.4, 0.5) is 4.79 Å². The molecule has 0 bridgehead atoms. The van der Waals surface area contributed by atoms with Gasteiger partial charge >= 0.3 is 6.09 Å². The lowest BCUT2D eigenvalue weighted by molar-refractivity contribution is -0.109. The minimum Gasteiger partial charge on any atom is -0.443 e. The first-order chi connectivity index (χ1) is 21.2. The van der Waals surface area contributed by atoms with Crippen molar-refractivity contribution in [2.75, 3.05) is 0 Å².